The molecule has 3 aromatic rings. The summed E-state index contributed by atoms with van der Waals surface area (Å²) in [5.74, 6) is -1.21. The van der Waals surface area contributed by atoms with E-state index in [2.05, 4.69) is 6.92 Å². The number of hydrogen-bond acceptors (Lipinski definition) is 5. The summed E-state index contributed by atoms with van der Waals surface area (Å²) < 4.78 is 19.3. The minimum atomic E-state index is -0.969. The molecule has 2 amide bonds. The van der Waals surface area contributed by atoms with Gasteiger partial charge in [0.05, 0.1) is 24.0 Å². The SMILES string of the molecule is CCCCOc1ccc(N2C(=O)[C@H]3[C@H](ON(c4ccccc4)[C@H]3c3ccc(F)cc3)C2=O)cc1. The van der Waals surface area contributed by atoms with Crippen molar-refractivity contribution in [2.45, 2.75) is 31.9 Å². The summed E-state index contributed by atoms with van der Waals surface area (Å²) in [5.41, 5.74) is 1.88. The number of ether oxygens (including phenoxy) is 1. The number of anilines is 2. The number of benzene rings is 3. The molecule has 7 heteroatoms. The summed E-state index contributed by atoms with van der Waals surface area (Å²) in [6.45, 7) is 2.71. The molecule has 2 heterocycles. The maximum Gasteiger partial charge on any atom is 0.266 e. The van der Waals surface area contributed by atoms with Crippen LogP contribution in [0.1, 0.15) is 31.4 Å². The lowest BCUT2D eigenvalue weighted by Crippen LogP contribution is -2.37. The van der Waals surface area contributed by atoms with Crippen LogP contribution in [-0.4, -0.2) is 24.5 Å². The minimum Gasteiger partial charge on any atom is -0.494 e. The van der Waals surface area contributed by atoms with Gasteiger partial charge in [-0.15, -0.1) is 0 Å². The van der Waals surface area contributed by atoms with Crippen molar-refractivity contribution in [3.05, 3.63) is 90.2 Å². The van der Waals surface area contributed by atoms with Crippen LogP contribution >= 0.6 is 0 Å². The Hall–Kier alpha value is -3.71. The van der Waals surface area contributed by atoms with E-state index in [0.29, 0.717) is 29.3 Å². The van der Waals surface area contributed by atoms with Gasteiger partial charge >= 0.3 is 0 Å². The molecule has 0 radical (unpaired) electrons. The van der Waals surface area contributed by atoms with Crippen LogP contribution in [0.25, 0.3) is 0 Å². The third kappa shape index (κ3) is 3.92. The molecule has 0 bridgehead atoms. The molecule has 0 aliphatic carbocycles. The molecule has 6 nitrogen and oxygen atoms in total. The number of hydroxylamine groups is 1. The molecule has 0 unspecified atom stereocenters. The number of unbranched alkanes of at least 4 members (excludes halogenated alkanes) is 1. The number of nitrogens with zero attached hydrogens (tertiary/aromatic N) is 2. The lowest BCUT2D eigenvalue weighted by Gasteiger charge is -2.28. The summed E-state index contributed by atoms with van der Waals surface area (Å²) in [5, 5.41) is 1.60. The van der Waals surface area contributed by atoms with Crippen LogP contribution in [0.15, 0.2) is 78.9 Å². The fourth-order valence-corrected chi connectivity index (χ4v) is 4.49. The van der Waals surface area contributed by atoms with Crippen molar-refractivity contribution in [3.8, 4) is 5.75 Å². The van der Waals surface area contributed by atoms with Crippen LogP contribution in [0, 0.1) is 11.7 Å². The van der Waals surface area contributed by atoms with Crippen molar-refractivity contribution >= 4 is 23.2 Å². The lowest BCUT2D eigenvalue weighted by molar-refractivity contribution is -0.126. The van der Waals surface area contributed by atoms with Crippen molar-refractivity contribution < 1.29 is 23.6 Å². The van der Waals surface area contributed by atoms with Crippen LogP contribution in [-0.2, 0) is 14.4 Å². The van der Waals surface area contributed by atoms with Gasteiger partial charge in [0.1, 0.15) is 17.5 Å². The number of para-hydroxylation sites is 1. The maximum atomic E-state index is 13.6. The van der Waals surface area contributed by atoms with Crippen LogP contribution in [0.4, 0.5) is 15.8 Å². The summed E-state index contributed by atoms with van der Waals surface area (Å²) in [7, 11) is 0. The average Bonchev–Trinajstić information content (AvgIpc) is 3.37. The first-order chi connectivity index (χ1) is 16.6. The number of imide groups is 1. The maximum absolute atomic E-state index is 13.6. The predicted octanol–water partition coefficient (Wildman–Crippen LogP) is 5.06. The smallest absolute Gasteiger partial charge is 0.266 e. The molecule has 3 aromatic carbocycles. The van der Waals surface area contributed by atoms with Crippen LogP contribution in [0.5, 0.6) is 5.75 Å². The quantitative estimate of drug-likeness (QED) is 0.365. The zero-order valence-corrected chi connectivity index (χ0v) is 18.8. The summed E-state index contributed by atoms with van der Waals surface area (Å²) in [6.07, 6.45) is 1.02. The number of amides is 2. The van der Waals surface area contributed by atoms with Gasteiger partial charge in [-0.2, -0.15) is 0 Å². The number of carbonyl (C=O) groups is 2. The highest BCUT2D eigenvalue weighted by Crippen LogP contribution is 2.47. The van der Waals surface area contributed by atoms with Crippen molar-refractivity contribution in [1.82, 2.24) is 0 Å². The van der Waals surface area contributed by atoms with Crippen molar-refractivity contribution in [2.24, 2.45) is 5.92 Å². The highest BCUT2D eigenvalue weighted by molar-refractivity contribution is 6.23. The Kier molecular flexibility index (Phi) is 6.02. The molecule has 2 aliphatic heterocycles. The van der Waals surface area contributed by atoms with E-state index in [9.17, 15) is 14.0 Å². The van der Waals surface area contributed by atoms with Gasteiger partial charge in [0.25, 0.3) is 5.91 Å². The molecule has 174 valence electrons. The molecule has 5 rings (SSSR count). The standard InChI is InChI=1S/C27H25FN2O4/c1-2-3-17-33-22-15-13-20(14-16-22)29-26(31)23-24(18-9-11-19(28)12-10-18)30(34-25(23)27(29)32)21-7-5-4-6-8-21/h4-16,23-25H,2-3,17H2,1H3/t23-,24+,25+/m1/s1. The van der Waals surface area contributed by atoms with Gasteiger partial charge in [-0.05, 0) is 60.5 Å². The van der Waals surface area contributed by atoms with E-state index in [1.807, 2.05) is 30.3 Å². The minimum absolute atomic E-state index is 0.345. The van der Waals surface area contributed by atoms with Crippen LogP contribution in [0.2, 0.25) is 0 Å². The lowest BCUT2D eigenvalue weighted by atomic mass is 9.90. The second-order valence-corrected chi connectivity index (χ2v) is 8.42. The summed E-state index contributed by atoms with van der Waals surface area (Å²) >= 11 is 0. The Morgan fingerprint density at radius 2 is 1.59 bits per heavy atom. The van der Waals surface area contributed by atoms with Gasteiger partial charge in [-0.25, -0.2) is 14.4 Å². The first kappa shape index (κ1) is 22.1. The van der Waals surface area contributed by atoms with Crippen LogP contribution in [0.3, 0.4) is 0 Å². The molecule has 0 aromatic heterocycles. The molecular formula is C27H25FN2O4. The zero-order chi connectivity index (χ0) is 23.7. The molecule has 34 heavy (non-hydrogen) atoms. The molecular weight excluding hydrogens is 435 g/mol. The second kappa shape index (κ2) is 9.27. The van der Waals surface area contributed by atoms with E-state index >= 15 is 0 Å². The van der Waals surface area contributed by atoms with Crippen molar-refractivity contribution in [2.75, 3.05) is 16.6 Å². The second-order valence-electron chi connectivity index (χ2n) is 8.42. The van der Waals surface area contributed by atoms with Crippen molar-refractivity contribution in [3.63, 3.8) is 0 Å². The number of carbonyl (C=O) groups excluding carboxylic acids is 2. The predicted molar refractivity (Wildman–Crippen MR) is 126 cm³/mol. The molecule has 0 spiro atoms. The Labute approximate surface area is 197 Å². The highest BCUT2D eigenvalue weighted by atomic mass is 19.1. The number of fused-ring (bicyclic) bond motifs is 1. The zero-order valence-electron chi connectivity index (χ0n) is 18.8. The van der Waals surface area contributed by atoms with E-state index in [0.717, 1.165) is 12.8 Å². The molecule has 2 aliphatic rings. The normalized spacial score (nSPS) is 21.8. The van der Waals surface area contributed by atoms with E-state index < -0.39 is 24.0 Å². The third-order valence-corrected chi connectivity index (χ3v) is 6.20. The van der Waals surface area contributed by atoms with Crippen LogP contribution < -0.4 is 14.7 Å². The number of halogens is 1. The number of hydrogen-bond donors (Lipinski definition) is 0. The first-order valence-corrected chi connectivity index (χ1v) is 11.5. The molecule has 2 saturated heterocycles. The Morgan fingerprint density at radius 1 is 0.882 bits per heavy atom. The summed E-state index contributed by atoms with van der Waals surface area (Å²) in [6, 6.07) is 21.6. The molecule has 3 atom stereocenters. The Balaban J connectivity index is 1.46. The van der Waals surface area contributed by atoms with Gasteiger partial charge in [-0.3, -0.25) is 14.4 Å². The van der Waals surface area contributed by atoms with E-state index in [1.54, 1.807) is 41.5 Å². The van der Waals surface area contributed by atoms with Gasteiger partial charge in [-0.1, -0.05) is 43.7 Å². The Morgan fingerprint density at radius 3 is 2.26 bits per heavy atom. The van der Waals surface area contributed by atoms with Crippen molar-refractivity contribution in [1.29, 1.82) is 0 Å². The topological polar surface area (TPSA) is 59.1 Å². The van der Waals surface area contributed by atoms with Gasteiger partial charge in [0.15, 0.2) is 6.10 Å². The summed E-state index contributed by atoms with van der Waals surface area (Å²) in [4.78, 5) is 34.3. The van der Waals surface area contributed by atoms with E-state index in [-0.39, 0.29) is 11.7 Å². The fraction of sp³-hybridized carbons (Fsp3) is 0.259. The highest BCUT2D eigenvalue weighted by Gasteiger charge is 2.60. The Bertz CT molecular complexity index is 1170. The largest absolute Gasteiger partial charge is 0.494 e. The monoisotopic (exact) mass is 460 g/mol. The van der Waals surface area contributed by atoms with Gasteiger partial charge in [0.2, 0.25) is 5.91 Å². The fourth-order valence-electron chi connectivity index (χ4n) is 4.49. The molecule has 2 fully saturated rings. The first-order valence-electron chi connectivity index (χ1n) is 11.5. The third-order valence-electron chi connectivity index (χ3n) is 6.20. The van der Waals surface area contributed by atoms with E-state index in [1.165, 1.54) is 17.0 Å². The molecule has 0 N–H and O–H groups in total. The van der Waals surface area contributed by atoms with Gasteiger partial charge < -0.3 is 4.74 Å². The van der Waals surface area contributed by atoms with Gasteiger partial charge in [0, 0.05) is 0 Å². The number of rotatable bonds is 7. The molecule has 0 saturated carbocycles. The van der Waals surface area contributed by atoms with E-state index in [4.69, 9.17) is 9.57 Å². The average molecular weight is 461 g/mol.